The Balaban J connectivity index is 2.07. The fourth-order valence-electron chi connectivity index (χ4n) is 1.87. The summed E-state index contributed by atoms with van der Waals surface area (Å²) in [5.74, 6) is 0.798. The molecule has 0 saturated heterocycles. The molecule has 0 aliphatic rings. The van der Waals surface area contributed by atoms with Gasteiger partial charge in [-0.25, -0.2) is 4.98 Å². The van der Waals surface area contributed by atoms with E-state index in [0.717, 1.165) is 10.8 Å². The Morgan fingerprint density at radius 2 is 1.58 bits per heavy atom. The third kappa shape index (κ3) is 2.28. The number of pyridine rings is 1. The Bertz CT molecular complexity index is 739. The second kappa shape index (κ2) is 4.86. The molecule has 3 aromatic rings. The molecule has 0 saturated carbocycles. The van der Waals surface area contributed by atoms with Crippen LogP contribution in [0.15, 0.2) is 71.0 Å². The van der Waals surface area contributed by atoms with Crippen LogP contribution in [0.3, 0.4) is 0 Å². The first-order valence-electron chi connectivity index (χ1n) is 5.88. The molecule has 0 unspecified atom stereocenters. The Morgan fingerprint density at radius 1 is 0.789 bits per heavy atom. The van der Waals surface area contributed by atoms with Crippen molar-refractivity contribution in [2.24, 2.45) is 10.2 Å². The molecule has 3 rings (SSSR count). The minimum Gasteiger partial charge on any atom is -0.507 e. The number of aromatic hydroxyl groups is 1. The summed E-state index contributed by atoms with van der Waals surface area (Å²) in [6, 6.07) is 16.4. The zero-order valence-corrected chi connectivity index (χ0v) is 10.1. The van der Waals surface area contributed by atoms with Crippen LogP contribution >= 0.6 is 0 Å². The summed E-state index contributed by atoms with van der Waals surface area (Å²) in [6.07, 6.45) is 1.67. The van der Waals surface area contributed by atoms with E-state index in [1.54, 1.807) is 24.4 Å². The van der Waals surface area contributed by atoms with E-state index >= 15 is 0 Å². The second-order valence-corrected chi connectivity index (χ2v) is 4.04. The van der Waals surface area contributed by atoms with Crippen molar-refractivity contribution in [2.45, 2.75) is 0 Å². The van der Waals surface area contributed by atoms with Gasteiger partial charge in [0, 0.05) is 17.0 Å². The molecule has 0 aliphatic heterocycles. The van der Waals surface area contributed by atoms with E-state index in [1.165, 1.54) is 0 Å². The van der Waals surface area contributed by atoms with Gasteiger partial charge in [-0.2, -0.15) is 0 Å². The van der Waals surface area contributed by atoms with E-state index in [4.69, 9.17) is 0 Å². The van der Waals surface area contributed by atoms with Crippen LogP contribution in [0, 0.1) is 0 Å². The van der Waals surface area contributed by atoms with Crippen molar-refractivity contribution < 1.29 is 5.11 Å². The number of benzene rings is 2. The van der Waals surface area contributed by atoms with E-state index in [2.05, 4.69) is 15.2 Å². The molecule has 92 valence electrons. The number of hydrogen-bond acceptors (Lipinski definition) is 4. The molecule has 19 heavy (non-hydrogen) atoms. The smallest absolute Gasteiger partial charge is 0.174 e. The van der Waals surface area contributed by atoms with Crippen molar-refractivity contribution in [3.63, 3.8) is 0 Å². The van der Waals surface area contributed by atoms with Gasteiger partial charge in [-0.05, 0) is 24.3 Å². The highest BCUT2D eigenvalue weighted by Gasteiger charge is 2.03. The van der Waals surface area contributed by atoms with Crippen LogP contribution in [0.1, 0.15) is 0 Å². The zero-order chi connectivity index (χ0) is 13.1. The summed E-state index contributed by atoms with van der Waals surface area (Å²) in [7, 11) is 0. The lowest BCUT2D eigenvalue weighted by atomic mass is 10.1. The van der Waals surface area contributed by atoms with Crippen LogP contribution in [0.25, 0.3) is 10.8 Å². The average molecular weight is 249 g/mol. The van der Waals surface area contributed by atoms with Gasteiger partial charge >= 0.3 is 0 Å². The summed E-state index contributed by atoms with van der Waals surface area (Å²) < 4.78 is 0. The van der Waals surface area contributed by atoms with Gasteiger partial charge in [-0.1, -0.05) is 30.3 Å². The van der Waals surface area contributed by atoms with Gasteiger partial charge in [0.2, 0.25) is 0 Å². The third-order valence-electron chi connectivity index (χ3n) is 2.79. The fraction of sp³-hybridized carbons (Fsp3) is 0. The minimum absolute atomic E-state index is 0.243. The number of rotatable bonds is 2. The summed E-state index contributed by atoms with van der Waals surface area (Å²) >= 11 is 0. The first-order valence-corrected chi connectivity index (χ1v) is 5.88. The molecule has 1 heterocycles. The van der Waals surface area contributed by atoms with Gasteiger partial charge in [0.25, 0.3) is 0 Å². The highest BCUT2D eigenvalue weighted by atomic mass is 16.3. The standard InChI is InChI=1S/C15H11N3O/c19-14-9-8-13(11-5-1-2-6-12(11)14)17-18-15-7-3-4-10-16-15/h1-10,19H/b18-17+. The predicted octanol–water partition coefficient (Wildman–Crippen LogP) is 4.36. The summed E-state index contributed by atoms with van der Waals surface area (Å²) in [5, 5.41) is 19.7. The van der Waals surface area contributed by atoms with Crippen LogP contribution < -0.4 is 0 Å². The number of aromatic nitrogens is 1. The van der Waals surface area contributed by atoms with Gasteiger partial charge < -0.3 is 5.11 Å². The number of phenolic OH excluding ortho intramolecular Hbond substituents is 1. The van der Waals surface area contributed by atoms with Crippen LogP contribution in [0.5, 0.6) is 5.75 Å². The number of azo groups is 1. The van der Waals surface area contributed by atoms with Crippen molar-refractivity contribution in [1.29, 1.82) is 0 Å². The summed E-state index contributed by atoms with van der Waals surface area (Å²) in [4.78, 5) is 4.08. The average Bonchev–Trinajstić information content (AvgIpc) is 2.48. The first-order chi connectivity index (χ1) is 9.34. The molecule has 0 atom stereocenters. The SMILES string of the molecule is Oc1ccc(/N=N/c2ccccn2)c2ccccc12. The van der Waals surface area contributed by atoms with Crippen LogP contribution in [-0.4, -0.2) is 10.1 Å². The maximum Gasteiger partial charge on any atom is 0.174 e. The zero-order valence-electron chi connectivity index (χ0n) is 10.1. The topological polar surface area (TPSA) is 57.8 Å². The molecular formula is C15H11N3O. The molecule has 4 heteroatoms. The maximum atomic E-state index is 9.80. The molecule has 0 fully saturated rings. The van der Waals surface area contributed by atoms with E-state index in [1.807, 2.05) is 36.4 Å². The monoisotopic (exact) mass is 249 g/mol. The van der Waals surface area contributed by atoms with Crippen molar-refractivity contribution in [1.82, 2.24) is 4.98 Å². The Kier molecular flexibility index (Phi) is 2.90. The highest BCUT2D eigenvalue weighted by Crippen LogP contribution is 2.32. The Morgan fingerprint density at radius 3 is 2.37 bits per heavy atom. The van der Waals surface area contributed by atoms with Gasteiger partial charge in [0.15, 0.2) is 5.82 Å². The van der Waals surface area contributed by atoms with Crippen molar-refractivity contribution in [2.75, 3.05) is 0 Å². The largest absolute Gasteiger partial charge is 0.507 e. The predicted molar refractivity (Wildman–Crippen MR) is 74.0 cm³/mol. The van der Waals surface area contributed by atoms with Crippen LogP contribution in [0.4, 0.5) is 11.5 Å². The van der Waals surface area contributed by atoms with E-state index in [0.29, 0.717) is 11.5 Å². The lowest BCUT2D eigenvalue weighted by Gasteiger charge is -2.02. The molecule has 0 amide bonds. The molecule has 0 spiro atoms. The first kappa shape index (κ1) is 11.3. The van der Waals surface area contributed by atoms with Crippen LogP contribution in [-0.2, 0) is 0 Å². The molecule has 1 aromatic heterocycles. The molecule has 2 aromatic carbocycles. The number of phenols is 1. The van der Waals surface area contributed by atoms with E-state index in [-0.39, 0.29) is 5.75 Å². The van der Waals surface area contributed by atoms with Gasteiger partial charge in [-0.15, -0.1) is 10.2 Å². The maximum absolute atomic E-state index is 9.80. The van der Waals surface area contributed by atoms with Crippen molar-refractivity contribution in [3.05, 3.63) is 60.8 Å². The van der Waals surface area contributed by atoms with Crippen molar-refractivity contribution in [3.8, 4) is 5.75 Å². The summed E-state index contributed by atoms with van der Waals surface area (Å²) in [6.45, 7) is 0. The summed E-state index contributed by atoms with van der Waals surface area (Å²) in [5.41, 5.74) is 0.707. The Labute approximate surface area is 110 Å². The number of hydrogen-bond donors (Lipinski definition) is 1. The van der Waals surface area contributed by atoms with Gasteiger partial charge in [0.05, 0.1) is 5.69 Å². The molecule has 0 radical (unpaired) electrons. The lowest BCUT2D eigenvalue weighted by Crippen LogP contribution is -1.75. The quantitative estimate of drug-likeness (QED) is 0.686. The van der Waals surface area contributed by atoms with Gasteiger partial charge in [-0.3, -0.25) is 0 Å². The third-order valence-corrected chi connectivity index (χ3v) is 2.79. The fourth-order valence-corrected chi connectivity index (χ4v) is 1.87. The van der Waals surface area contributed by atoms with Gasteiger partial charge in [0.1, 0.15) is 5.75 Å². The molecule has 0 bridgehead atoms. The molecule has 4 nitrogen and oxygen atoms in total. The number of nitrogens with zero attached hydrogens (tertiary/aromatic N) is 3. The number of fused-ring (bicyclic) bond motifs is 1. The molecule has 1 N–H and O–H groups in total. The van der Waals surface area contributed by atoms with Crippen molar-refractivity contribution >= 4 is 22.3 Å². The molecule has 0 aliphatic carbocycles. The minimum atomic E-state index is 0.243. The Hall–Kier alpha value is -2.75. The normalized spacial score (nSPS) is 11.2. The highest BCUT2D eigenvalue weighted by molar-refractivity contribution is 5.96. The lowest BCUT2D eigenvalue weighted by molar-refractivity contribution is 0.481. The van der Waals surface area contributed by atoms with Crippen LogP contribution in [0.2, 0.25) is 0 Å². The molecular weight excluding hydrogens is 238 g/mol. The van der Waals surface area contributed by atoms with E-state index < -0.39 is 0 Å². The van der Waals surface area contributed by atoms with E-state index in [9.17, 15) is 5.11 Å². The second-order valence-electron chi connectivity index (χ2n) is 4.04.